The minimum atomic E-state index is -0.461. The molecule has 21 heavy (non-hydrogen) atoms. The molecule has 1 aromatic rings. The first-order valence-electron chi connectivity index (χ1n) is 6.91. The lowest BCUT2D eigenvalue weighted by molar-refractivity contribution is 0.0522. The Kier molecular flexibility index (Phi) is 5.17. The van der Waals surface area contributed by atoms with Crippen LogP contribution in [-0.4, -0.2) is 23.8 Å². The monoisotopic (exact) mass is 374 g/mol. The summed E-state index contributed by atoms with van der Waals surface area (Å²) in [7, 11) is 0. The summed E-state index contributed by atoms with van der Waals surface area (Å²) in [5, 5.41) is 6.97. The molecule has 6 heteroatoms. The van der Waals surface area contributed by atoms with Gasteiger partial charge in [0.15, 0.2) is 0 Å². The van der Waals surface area contributed by atoms with E-state index in [2.05, 4.69) is 26.6 Å². The van der Waals surface area contributed by atoms with Crippen molar-refractivity contribution in [3.63, 3.8) is 0 Å². The van der Waals surface area contributed by atoms with E-state index in [-0.39, 0.29) is 12.1 Å². The third kappa shape index (κ3) is 5.49. The van der Waals surface area contributed by atoms with Crippen molar-refractivity contribution >= 4 is 33.6 Å². The fraction of sp³-hybridized carbons (Fsp3) is 0.533. The molecular formula is C15H20BrClN2O2. The summed E-state index contributed by atoms with van der Waals surface area (Å²) >= 11 is 9.37. The lowest BCUT2D eigenvalue weighted by Crippen LogP contribution is -2.36. The third-order valence-corrected chi connectivity index (χ3v) is 4.26. The number of halogens is 2. The van der Waals surface area contributed by atoms with Crippen molar-refractivity contribution in [3.05, 3.63) is 33.3 Å². The second-order valence-electron chi connectivity index (χ2n) is 6.22. The fourth-order valence-corrected chi connectivity index (χ4v) is 2.48. The molecule has 0 saturated heterocycles. The Morgan fingerprint density at radius 2 is 2.14 bits per heavy atom. The van der Waals surface area contributed by atoms with Gasteiger partial charge in [-0.25, -0.2) is 4.79 Å². The molecule has 2 N–H and O–H groups in total. The molecule has 1 fully saturated rings. The first-order chi connectivity index (χ1) is 9.74. The summed E-state index contributed by atoms with van der Waals surface area (Å²) in [5.41, 5.74) is 0.687. The van der Waals surface area contributed by atoms with Crippen LogP contribution >= 0.6 is 27.5 Å². The molecule has 2 unspecified atom stereocenters. The molecule has 2 rings (SSSR count). The van der Waals surface area contributed by atoms with Gasteiger partial charge in [-0.15, -0.1) is 0 Å². The summed E-state index contributed by atoms with van der Waals surface area (Å²) in [5.74, 6) is 0. The van der Waals surface area contributed by atoms with Crippen molar-refractivity contribution in [2.45, 2.75) is 51.4 Å². The molecule has 0 bridgehead atoms. The number of carbonyl (C=O) groups is 1. The highest BCUT2D eigenvalue weighted by Gasteiger charge is 2.38. The van der Waals surface area contributed by atoms with Crippen LogP contribution in [0.3, 0.4) is 0 Å². The van der Waals surface area contributed by atoms with Gasteiger partial charge < -0.3 is 15.4 Å². The molecule has 1 aliphatic rings. The van der Waals surface area contributed by atoms with Crippen LogP contribution in [0.1, 0.15) is 32.8 Å². The predicted octanol–water partition coefficient (Wildman–Crippen LogP) is 3.86. The van der Waals surface area contributed by atoms with Crippen molar-refractivity contribution in [2.24, 2.45) is 0 Å². The van der Waals surface area contributed by atoms with E-state index in [9.17, 15) is 4.79 Å². The summed E-state index contributed by atoms with van der Waals surface area (Å²) in [6.07, 6.45) is 0.569. The summed E-state index contributed by atoms with van der Waals surface area (Å²) in [6, 6.07) is 6.29. The Bertz CT molecular complexity index is 531. The van der Waals surface area contributed by atoms with Crippen molar-refractivity contribution in [3.8, 4) is 0 Å². The fourth-order valence-electron chi connectivity index (χ4n) is 1.94. The minimum Gasteiger partial charge on any atom is -0.444 e. The van der Waals surface area contributed by atoms with Crippen LogP contribution in [0.15, 0.2) is 22.7 Å². The summed E-state index contributed by atoms with van der Waals surface area (Å²) in [6.45, 7) is 6.31. The smallest absolute Gasteiger partial charge is 0.407 e. The Balaban J connectivity index is 1.72. The topological polar surface area (TPSA) is 50.4 Å². The number of ether oxygens (including phenoxy) is 1. The van der Waals surface area contributed by atoms with Crippen molar-refractivity contribution in [2.75, 3.05) is 0 Å². The number of hydrogen-bond acceptors (Lipinski definition) is 3. The molecule has 0 spiro atoms. The second-order valence-corrected chi connectivity index (χ2v) is 7.49. The molecule has 1 aliphatic carbocycles. The maximum atomic E-state index is 11.6. The van der Waals surface area contributed by atoms with Crippen LogP contribution in [-0.2, 0) is 11.3 Å². The van der Waals surface area contributed by atoms with E-state index in [1.165, 1.54) is 0 Å². The lowest BCUT2D eigenvalue weighted by atomic mass is 10.2. The van der Waals surface area contributed by atoms with Crippen molar-refractivity contribution < 1.29 is 9.53 Å². The number of nitrogens with one attached hydrogen (secondary N) is 2. The van der Waals surface area contributed by atoms with Crippen molar-refractivity contribution in [1.29, 1.82) is 0 Å². The van der Waals surface area contributed by atoms with E-state index in [0.717, 1.165) is 23.0 Å². The molecule has 2 atom stereocenters. The first-order valence-corrected chi connectivity index (χ1v) is 8.08. The SMILES string of the molecule is CC(C)(C)OC(=O)NC1CC1NCc1ccc(Cl)c(Br)c1. The second kappa shape index (κ2) is 6.55. The van der Waals surface area contributed by atoms with Crippen LogP contribution in [0.4, 0.5) is 4.79 Å². The number of alkyl carbamates (subject to hydrolysis) is 1. The van der Waals surface area contributed by atoms with Crippen molar-refractivity contribution in [1.82, 2.24) is 10.6 Å². The molecular weight excluding hydrogens is 356 g/mol. The van der Waals surface area contributed by atoms with Gasteiger partial charge in [-0.2, -0.15) is 0 Å². The number of amides is 1. The van der Waals surface area contributed by atoms with Crippen LogP contribution < -0.4 is 10.6 Å². The summed E-state index contributed by atoms with van der Waals surface area (Å²) < 4.78 is 6.12. The van der Waals surface area contributed by atoms with Crippen LogP contribution in [0.25, 0.3) is 0 Å². The standard InChI is InChI=1S/C15H20BrClN2O2/c1-15(2,3)21-14(20)19-13-7-12(13)18-8-9-4-5-11(17)10(16)6-9/h4-6,12-13,18H,7-8H2,1-3H3,(H,19,20). The Hall–Kier alpha value is -0.780. The molecule has 0 heterocycles. The molecule has 116 valence electrons. The van der Waals surface area contributed by atoms with E-state index >= 15 is 0 Å². The van der Waals surface area contributed by atoms with Gasteiger partial charge in [-0.1, -0.05) is 17.7 Å². The third-order valence-electron chi connectivity index (χ3n) is 3.04. The zero-order valence-corrected chi connectivity index (χ0v) is 14.7. The molecule has 0 aromatic heterocycles. The van der Waals surface area contributed by atoms with Gasteiger partial charge in [0.05, 0.1) is 5.02 Å². The van der Waals surface area contributed by atoms with Crippen LogP contribution in [0.5, 0.6) is 0 Å². The highest BCUT2D eigenvalue weighted by Crippen LogP contribution is 2.25. The van der Waals surface area contributed by atoms with Gasteiger partial charge in [0, 0.05) is 23.1 Å². The van der Waals surface area contributed by atoms with E-state index in [0.29, 0.717) is 11.1 Å². The minimum absolute atomic E-state index is 0.149. The first kappa shape index (κ1) is 16.6. The van der Waals surface area contributed by atoms with E-state index in [1.807, 2.05) is 39.0 Å². The Morgan fingerprint density at radius 3 is 2.76 bits per heavy atom. The van der Waals surface area contributed by atoms with Gasteiger partial charge in [0.25, 0.3) is 0 Å². The molecule has 1 saturated carbocycles. The zero-order chi connectivity index (χ0) is 15.6. The molecule has 0 aliphatic heterocycles. The average Bonchev–Trinajstić information content (AvgIpc) is 3.06. The average molecular weight is 376 g/mol. The number of rotatable bonds is 4. The number of hydrogen-bond donors (Lipinski definition) is 2. The lowest BCUT2D eigenvalue weighted by Gasteiger charge is -2.19. The predicted molar refractivity (Wildman–Crippen MR) is 87.6 cm³/mol. The highest BCUT2D eigenvalue weighted by molar-refractivity contribution is 9.10. The van der Waals surface area contributed by atoms with Gasteiger partial charge in [0.1, 0.15) is 5.60 Å². The maximum Gasteiger partial charge on any atom is 0.407 e. The Morgan fingerprint density at radius 1 is 1.43 bits per heavy atom. The Labute approximate surface area is 138 Å². The number of carbonyl (C=O) groups excluding carboxylic acids is 1. The van der Waals surface area contributed by atoms with E-state index in [4.69, 9.17) is 16.3 Å². The quantitative estimate of drug-likeness (QED) is 0.840. The van der Waals surface area contributed by atoms with Gasteiger partial charge >= 0.3 is 6.09 Å². The maximum absolute atomic E-state index is 11.6. The zero-order valence-electron chi connectivity index (χ0n) is 12.4. The van der Waals surface area contributed by atoms with E-state index in [1.54, 1.807) is 0 Å². The van der Waals surface area contributed by atoms with Gasteiger partial charge in [0.2, 0.25) is 0 Å². The highest BCUT2D eigenvalue weighted by atomic mass is 79.9. The normalized spacial score (nSPS) is 21.0. The molecule has 0 radical (unpaired) electrons. The largest absolute Gasteiger partial charge is 0.444 e. The molecule has 4 nitrogen and oxygen atoms in total. The van der Waals surface area contributed by atoms with Crippen LogP contribution in [0, 0.1) is 0 Å². The molecule has 1 amide bonds. The van der Waals surface area contributed by atoms with Crippen LogP contribution in [0.2, 0.25) is 5.02 Å². The number of benzene rings is 1. The van der Waals surface area contributed by atoms with Gasteiger partial charge in [-0.3, -0.25) is 0 Å². The molecule has 1 aromatic carbocycles. The van der Waals surface area contributed by atoms with Gasteiger partial charge in [-0.05, 0) is 60.8 Å². The van der Waals surface area contributed by atoms with E-state index < -0.39 is 5.60 Å². The summed E-state index contributed by atoms with van der Waals surface area (Å²) in [4.78, 5) is 11.6.